The highest BCUT2D eigenvalue weighted by Gasteiger charge is 2.07. The second-order valence-electron chi connectivity index (χ2n) is 5.71. The molecule has 0 radical (unpaired) electrons. The lowest BCUT2D eigenvalue weighted by atomic mass is 10.2. The molecule has 0 aliphatic heterocycles. The highest BCUT2D eigenvalue weighted by Crippen LogP contribution is 2.18. The lowest BCUT2D eigenvalue weighted by molar-refractivity contribution is 0.577. The molecule has 0 amide bonds. The number of benzene rings is 1. The van der Waals surface area contributed by atoms with Gasteiger partial charge in [-0.3, -0.25) is 0 Å². The van der Waals surface area contributed by atoms with Gasteiger partial charge in [-0.15, -0.1) is 11.3 Å². The van der Waals surface area contributed by atoms with Crippen LogP contribution in [0.15, 0.2) is 40.7 Å². The Labute approximate surface area is 136 Å². The van der Waals surface area contributed by atoms with Crippen molar-refractivity contribution in [1.82, 2.24) is 15.2 Å². The van der Waals surface area contributed by atoms with Crippen molar-refractivity contribution in [2.45, 2.75) is 32.9 Å². The van der Waals surface area contributed by atoms with Gasteiger partial charge in [0.15, 0.2) is 5.96 Å². The average molecular weight is 316 g/mol. The van der Waals surface area contributed by atoms with Gasteiger partial charge in [-0.2, -0.15) is 0 Å². The Morgan fingerprint density at radius 1 is 1.27 bits per heavy atom. The Kier molecular flexibility index (Phi) is 5.95. The van der Waals surface area contributed by atoms with Crippen molar-refractivity contribution >= 4 is 17.3 Å². The molecule has 1 heterocycles. The van der Waals surface area contributed by atoms with E-state index in [2.05, 4.69) is 46.7 Å². The average Bonchev–Trinajstić information content (AvgIpc) is 2.97. The van der Waals surface area contributed by atoms with Gasteiger partial charge >= 0.3 is 0 Å². The molecule has 0 spiro atoms. The van der Waals surface area contributed by atoms with Crippen LogP contribution in [0.3, 0.4) is 0 Å². The predicted molar refractivity (Wildman–Crippen MR) is 94.3 cm³/mol. The molecule has 0 saturated carbocycles. The van der Waals surface area contributed by atoms with E-state index in [1.165, 1.54) is 10.6 Å². The summed E-state index contributed by atoms with van der Waals surface area (Å²) in [4.78, 5) is 11.3. The maximum atomic E-state index is 4.66. The summed E-state index contributed by atoms with van der Waals surface area (Å²) in [6, 6.07) is 10.3. The molecule has 0 unspecified atom stereocenters. The van der Waals surface area contributed by atoms with Crippen LogP contribution < -0.4 is 5.32 Å². The molecule has 0 bridgehead atoms. The molecule has 1 aromatic heterocycles. The number of thiazole rings is 1. The summed E-state index contributed by atoms with van der Waals surface area (Å²) >= 11 is 1.72. The SMILES string of the molecule is CC(C)c1nc(CNC(=NCc2ccccc2)N(C)C)cs1. The van der Waals surface area contributed by atoms with Crippen LogP contribution in [-0.2, 0) is 13.1 Å². The molecule has 118 valence electrons. The first-order valence-electron chi connectivity index (χ1n) is 7.50. The first-order chi connectivity index (χ1) is 10.6. The topological polar surface area (TPSA) is 40.5 Å². The summed E-state index contributed by atoms with van der Waals surface area (Å²) in [5.74, 6) is 1.36. The fourth-order valence-electron chi connectivity index (χ4n) is 1.94. The van der Waals surface area contributed by atoms with Gasteiger partial charge in [0, 0.05) is 25.4 Å². The first-order valence-corrected chi connectivity index (χ1v) is 8.38. The highest BCUT2D eigenvalue weighted by atomic mass is 32.1. The summed E-state index contributed by atoms with van der Waals surface area (Å²) in [5.41, 5.74) is 2.28. The Morgan fingerprint density at radius 3 is 2.59 bits per heavy atom. The van der Waals surface area contributed by atoms with Crippen molar-refractivity contribution in [2.75, 3.05) is 14.1 Å². The molecule has 1 aromatic carbocycles. The van der Waals surface area contributed by atoms with E-state index in [0.29, 0.717) is 19.0 Å². The van der Waals surface area contributed by atoms with Crippen LogP contribution in [0.2, 0.25) is 0 Å². The van der Waals surface area contributed by atoms with E-state index in [9.17, 15) is 0 Å². The molecule has 2 aromatic rings. The minimum atomic E-state index is 0.485. The molecule has 4 nitrogen and oxygen atoms in total. The molecule has 0 fully saturated rings. The van der Waals surface area contributed by atoms with Crippen LogP contribution in [0.4, 0.5) is 0 Å². The van der Waals surface area contributed by atoms with E-state index in [1.54, 1.807) is 11.3 Å². The zero-order valence-electron chi connectivity index (χ0n) is 13.7. The fourth-order valence-corrected chi connectivity index (χ4v) is 2.78. The molecule has 22 heavy (non-hydrogen) atoms. The Hall–Kier alpha value is -1.88. The van der Waals surface area contributed by atoms with Crippen LogP contribution in [0.1, 0.15) is 36.0 Å². The van der Waals surface area contributed by atoms with Crippen LogP contribution in [0, 0.1) is 0 Å². The van der Waals surface area contributed by atoms with E-state index in [1.807, 2.05) is 37.2 Å². The van der Waals surface area contributed by atoms with E-state index >= 15 is 0 Å². The summed E-state index contributed by atoms with van der Waals surface area (Å²) in [7, 11) is 3.99. The Morgan fingerprint density at radius 2 is 2.00 bits per heavy atom. The van der Waals surface area contributed by atoms with E-state index in [4.69, 9.17) is 0 Å². The third-order valence-corrected chi connectivity index (χ3v) is 4.36. The normalized spacial score (nSPS) is 11.8. The van der Waals surface area contributed by atoms with Crippen LogP contribution in [-0.4, -0.2) is 29.9 Å². The fraction of sp³-hybridized carbons (Fsp3) is 0.412. The lowest BCUT2D eigenvalue weighted by Crippen LogP contribution is -2.36. The van der Waals surface area contributed by atoms with Crippen molar-refractivity contribution in [1.29, 1.82) is 0 Å². The van der Waals surface area contributed by atoms with Crippen LogP contribution >= 0.6 is 11.3 Å². The van der Waals surface area contributed by atoms with Gasteiger partial charge < -0.3 is 10.2 Å². The Balaban J connectivity index is 1.96. The standard InChI is InChI=1S/C17H24N4S/c1-13(2)16-20-15(12-22-16)11-19-17(21(3)4)18-10-14-8-6-5-7-9-14/h5-9,12-13H,10-11H2,1-4H3,(H,18,19). The predicted octanol–water partition coefficient (Wildman–Crippen LogP) is 3.47. The largest absolute Gasteiger partial charge is 0.351 e. The highest BCUT2D eigenvalue weighted by molar-refractivity contribution is 7.09. The molecule has 0 atom stereocenters. The molecular weight excluding hydrogens is 292 g/mol. The van der Waals surface area contributed by atoms with Crippen LogP contribution in [0.5, 0.6) is 0 Å². The zero-order chi connectivity index (χ0) is 15.9. The second kappa shape index (κ2) is 7.94. The number of hydrogen-bond donors (Lipinski definition) is 1. The van der Waals surface area contributed by atoms with Gasteiger partial charge in [-0.05, 0) is 5.56 Å². The minimum Gasteiger partial charge on any atom is -0.351 e. The van der Waals surface area contributed by atoms with Crippen molar-refractivity contribution in [3.05, 3.63) is 52.0 Å². The van der Waals surface area contributed by atoms with Gasteiger partial charge in [-0.1, -0.05) is 44.2 Å². The minimum absolute atomic E-state index is 0.485. The maximum absolute atomic E-state index is 4.66. The number of nitrogens with one attached hydrogen (secondary N) is 1. The quantitative estimate of drug-likeness (QED) is 0.678. The number of guanidine groups is 1. The van der Waals surface area contributed by atoms with Gasteiger partial charge in [0.1, 0.15) is 0 Å². The lowest BCUT2D eigenvalue weighted by Gasteiger charge is -2.17. The third kappa shape index (κ3) is 4.84. The molecule has 2 rings (SSSR count). The van der Waals surface area contributed by atoms with Gasteiger partial charge in [0.05, 0.1) is 23.8 Å². The molecular formula is C17H24N4S. The molecule has 0 saturated heterocycles. The number of aliphatic imine (C=N–C) groups is 1. The van der Waals surface area contributed by atoms with Crippen molar-refractivity contribution < 1.29 is 0 Å². The van der Waals surface area contributed by atoms with Crippen LogP contribution in [0.25, 0.3) is 0 Å². The summed E-state index contributed by atoms with van der Waals surface area (Å²) in [5, 5.41) is 6.68. The van der Waals surface area contributed by atoms with Crippen molar-refractivity contribution in [3.8, 4) is 0 Å². The third-order valence-electron chi connectivity index (χ3n) is 3.17. The number of hydrogen-bond acceptors (Lipinski definition) is 3. The Bertz CT molecular complexity index is 602. The monoisotopic (exact) mass is 316 g/mol. The maximum Gasteiger partial charge on any atom is 0.194 e. The molecule has 1 N–H and O–H groups in total. The van der Waals surface area contributed by atoms with Gasteiger partial charge in [0.25, 0.3) is 0 Å². The van der Waals surface area contributed by atoms with E-state index in [0.717, 1.165) is 11.7 Å². The number of rotatable bonds is 5. The van der Waals surface area contributed by atoms with E-state index < -0.39 is 0 Å². The second-order valence-corrected chi connectivity index (χ2v) is 6.59. The van der Waals surface area contributed by atoms with E-state index in [-0.39, 0.29) is 0 Å². The van der Waals surface area contributed by atoms with Gasteiger partial charge in [-0.25, -0.2) is 9.98 Å². The van der Waals surface area contributed by atoms with Crippen molar-refractivity contribution in [3.63, 3.8) is 0 Å². The molecule has 0 aliphatic rings. The van der Waals surface area contributed by atoms with Gasteiger partial charge in [0.2, 0.25) is 0 Å². The molecule has 5 heteroatoms. The first kappa shape index (κ1) is 16.5. The summed E-state index contributed by atoms with van der Waals surface area (Å²) < 4.78 is 0. The summed E-state index contributed by atoms with van der Waals surface area (Å²) in [6.07, 6.45) is 0. The number of nitrogens with zero attached hydrogens (tertiary/aromatic N) is 3. The summed E-state index contributed by atoms with van der Waals surface area (Å²) in [6.45, 7) is 5.72. The zero-order valence-corrected chi connectivity index (χ0v) is 14.5. The number of aromatic nitrogens is 1. The smallest absolute Gasteiger partial charge is 0.194 e. The van der Waals surface area contributed by atoms with Crippen molar-refractivity contribution in [2.24, 2.45) is 4.99 Å². The molecule has 0 aliphatic carbocycles.